The van der Waals surface area contributed by atoms with Crippen molar-refractivity contribution in [3.05, 3.63) is 77.5 Å². The highest BCUT2D eigenvalue weighted by atomic mass is 32.2. The fourth-order valence-corrected chi connectivity index (χ4v) is 4.01. The zero-order chi connectivity index (χ0) is 17.8. The van der Waals surface area contributed by atoms with E-state index in [2.05, 4.69) is 45.1 Å². The maximum Gasteiger partial charge on any atom is 0.245 e. The van der Waals surface area contributed by atoms with E-state index in [0.29, 0.717) is 5.70 Å². The van der Waals surface area contributed by atoms with E-state index in [1.54, 1.807) is 0 Å². The third-order valence-electron chi connectivity index (χ3n) is 4.60. The molecule has 4 nitrogen and oxygen atoms in total. The van der Waals surface area contributed by atoms with Crippen molar-refractivity contribution in [3.63, 3.8) is 0 Å². The fraction of sp³-hybridized carbons (Fsp3) is 0.238. The van der Waals surface area contributed by atoms with Gasteiger partial charge in [0, 0.05) is 32.7 Å². The highest BCUT2D eigenvalue weighted by Crippen LogP contribution is 2.27. The molecule has 0 aliphatic carbocycles. The molecule has 5 heteroatoms. The third-order valence-corrected chi connectivity index (χ3v) is 5.53. The minimum Gasteiger partial charge on any atom is -0.348 e. The van der Waals surface area contributed by atoms with Crippen LogP contribution in [0.25, 0.3) is 6.08 Å². The fourth-order valence-electron chi connectivity index (χ4n) is 3.18. The van der Waals surface area contributed by atoms with Crippen molar-refractivity contribution < 1.29 is 4.79 Å². The van der Waals surface area contributed by atoms with Crippen molar-refractivity contribution >= 4 is 28.1 Å². The minimum atomic E-state index is 0.0376. The summed E-state index contributed by atoms with van der Waals surface area (Å²) in [5.41, 5.74) is 2.90. The molecule has 0 aromatic heterocycles. The van der Waals surface area contributed by atoms with E-state index < -0.39 is 0 Å². The van der Waals surface area contributed by atoms with Gasteiger partial charge in [0.2, 0.25) is 5.12 Å². The Morgan fingerprint density at radius 1 is 0.923 bits per heavy atom. The molecule has 0 N–H and O–H groups in total. The standard InChI is InChI=1S/C21H21N3OS/c25-20-19(15-17-7-3-1-4-8-17)22-21(26-20)24-13-11-23(12-14-24)16-18-9-5-2-6-10-18/h1-10,15H,11-14,16H2/b19-15-. The van der Waals surface area contributed by atoms with Gasteiger partial charge in [0.05, 0.1) is 0 Å². The molecule has 2 aliphatic heterocycles. The first kappa shape index (κ1) is 17.1. The molecule has 132 valence electrons. The summed E-state index contributed by atoms with van der Waals surface area (Å²) in [6.07, 6.45) is 1.87. The van der Waals surface area contributed by atoms with Crippen LogP contribution in [0.3, 0.4) is 0 Å². The van der Waals surface area contributed by atoms with Gasteiger partial charge >= 0.3 is 0 Å². The number of benzene rings is 2. The number of nitrogens with zero attached hydrogens (tertiary/aromatic N) is 3. The maximum absolute atomic E-state index is 12.3. The second kappa shape index (κ2) is 7.89. The smallest absolute Gasteiger partial charge is 0.245 e. The number of hydrogen-bond donors (Lipinski definition) is 0. The summed E-state index contributed by atoms with van der Waals surface area (Å²) in [7, 11) is 0. The molecule has 0 atom stereocenters. The van der Waals surface area contributed by atoms with Gasteiger partial charge in [-0.15, -0.1) is 0 Å². The van der Waals surface area contributed by atoms with E-state index in [4.69, 9.17) is 0 Å². The number of amidine groups is 1. The van der Waals surface area contributed by atoms with Crippen molar-refractivity contribution in [2.24, 2.45) is 4.99 Å². The Balaban J connectivity index is 1.38. The van der Waals surface area contributed by atoms with E-state index >= 15 is 0 Å². The lowest BCUT2D eigenvalue weighted by molar-refractivity contribution is -0.107. The van der Waals surface area contributed by atoms with Gasteiger partial charge in [-0.05, 0) is 29.0 Å². The predicted octanol–water partition coefficient (Wildman–Crippen LogP) is 3.47. The van der Waals surface area contributed by atoms with Gasteiger partial charge in [-0.3, -0.25) is 9.69 Å². The van der Waals surface area contributed by atoms with Crippen LogP contribution in [0.4, 0.5) is 0 Å². The van der Waals surface area contributed by atoms with Gasteiger partial charge in [-0.25, -0.2) is 4.99 Å². The Labute approximate surface area is 158 Å². The molecule has 1 fully saturated rings. The molecule has 0 amide bonds. The van der Waals surface area contributed by atoms with Crippen LogP contribution in [0.5, 0.6) is 0 Å². The largest absolute Gasteiger partial charge is 0.348 e. The van der Waals surface area contributed by atoms with E-state index in [-0.39, 0.29) is 5.12 Å². The van der Waals surface area contributed by atoms with Crippen LogP contribution in [-0.2, 0) is 11.3 Å². The van der Waals surface area contributed by atoms with Gasteiger partial charge in [0.15, 0.2) is 5.17 Å². The molecule has 2 heterocycles. The molecule has 0 unspecified atom stereocenters. The van der Waals surface area contributed by atoms with E-state index in [9.17, 15) is 4.79 Å². The Bertz CT molecular complexity index is 825. The summed E-state index contributed by atoms with van der Waals surface area (Å²) >= 11 is 1.25. The molecular formula is C21H21N3OS. The van der Waals surface area contributed by atoms with Crippen molar-refractivity contribution in [1.82, 2.24) is 9.80 Å². The molecule has 0 spiro atoms. The van der Waals surface area contributed by atoms with Crippen molar-refractivity contribution in [2.75, 3.05) is 26.2 Å². The lowest BCUT2D eigenvalue weighted by Gasteiger charge is -2.35. The number of hydrogen-bond acceptors (Lipinski definition) is 5. The Morgan fingerprint density at radius 2 is 1.58 bits per heavy atom. The van der Waals surface area contributed by atoms with Crippen LogP contribution in [-0.4, -0.2) is 46.3 Å². The van der Waals surface area contributed by atoms with Crippen molar-refractivity contribution in [1.29, 1.82) is 0 Å². The molecule has 2 aliphatic rings. The number of carbonyl (C=O) groups is 1. The quantitative estimate of drug-likeness (QED) is 0.783. The summed E-state index contributed by atoms with van der Waals surface area (Å²) in [6, 6.07) is 20.4. The van der Waals surface area contributed by atoms with Crippen molar-refractivity contribution in [3.8, 4) is 0 Å². The van der Waals surface area contributed by atoms with Gasteiger partial charge < -0.3 is 4.90 Å². The minimum absolute atomic E-state index is 0.0376. The lowest BCUT2D eigenvalue weighted by Crippen LogP contribution is -2.47. The monoisotopic (exact) mass is 363 g/mol. The first-order valence-corrected chi connectivity index (χ1v) is 9.68. The van der Waals surface area contributed by atoms with Crippen LogP contribution in [0.2, 0.25) is 0 Å². The summed E-state index contributed by atoms with van der Waals surface area (Å²) < 4.78 is 0. The van der Waals surface area contributed by atoms with E-state index in [1.165, 1.54) is 17.3 Å². The van der Waals surface area contributed by atoms with Gasteiger partial charge in [-0.2, -0.15) is 0 Å². The average molecular weight is 363 g/mol. The Hall–Kier alpha value is -2.37. The Morgan fingerprint density at radius 3 is 2.27 bits per heavy atom. The van der Waals surface area contributed by atoms with Gasteiger partial charge in [0.1, 0.15) is 5.70 Å². The molecule has 26 heavy (non-hydrogen) atoms. The SMILES string of the molecule is O=C1SC(N2CCN(Cc3ccccc3)CC2)=N/C1=C\c1ccccc1. The molecule has 0 saturated carbocycles. The van der Waals surface area contributed by atoms with E-state index in [1.807, 2.05) is 36.4 Å². The molecule has 2 aromatic rings. The normalized spacial score (nSPS) is 19.8. The molecule has 1 saturated heterocycles. The zero-order valence-electron chi connectivity index (χ0n) is 14.5. The summed E-state index contributed by atoms with van der Waals surface area (Å²) in [4.78, 5) is 21.6. The number of carbonyl (C=O) groups excluding carboxylic acids is 1. The molecule has 0 radical (unpaired) electrons. The predicted molar refractivity (Wildman–Crippen MR) is 108 cm³/mol. The van der Waals surface area contributed by atoms with Gasteiger partial charge in [0.25, 0.3) is 0 Å². The highest BCUT2D eigenvalue weighted by molar-refractivity contribution is 8.27. The molecular weight excluding hydrogens is 342 g/mol. The maximum atomic E-state index is 12.3. The average Bonchev–Trinajstić information content (AvgIpc) is 3.04. The Kier molecular flexibility index (Phi) is 5.18. The number of aliphatic imine (C=N–C) groups is 1. The van der Waals surface area contributed by atoms with Crippen LogP contribution >= 0.6 is 11.8 Å². The summed E-state index contributed by atoms with van der Waals surface area (Å²) in [5, 5.41) is 0.882. The number of piperazine rings is 1. The first-order valence-electron chi connectivity index (χ1n) is 8.87. The van der Waals surface area contributed by atoms with Crippen LogP contribution < -0.4 is 0 Å². The highest BCUT2D eigenvalue weighted by Gasteiger charge is 2.28. The second-order valence-corrected chi connectivity index (χ2v) is 7.41. The second-order valence-electron chi connectivity index (χ2n) is 6.47. The summed E-state index contributed by atoms with van der Waals surface area (Å²) in [6.45, 7) is 4.77. The van der Waals surface area contributed by atoms with E-state index in [0.717, 1.165) is 43.5 Å². The zero-order valence-corrected chi connectivity index (χ0v) is 15.4. The third kappa shape index (κ3) is 4.06. The van der Waals surface area contributed by atoms with Crippen LogP contribution in [0, 0.1) is 0 Å². The summed E-state index contributed by atoms with van der Waals surface area (Å²) in [5.74, 6) is 0. The van der Waals surface area contributed by atoms with Crippen LogP contribution in [0.1, 0.15) is 11.1 Å². The number of rotatable bonds is 3. The number of thioether (sulfide) groups is 1. The van der Waals surface area contributed by atoms with Crippen LogP contribution in [0.15, 0.2) is 71.4 Å². The molecule has 4 rings (SSSR count). The first-order chi connectivity index (χ1) is 12.8. The van der Waals surface area contributed by atoms with Gasteiger partial charge in [-0.1, -0.05) is 60.7 Å². The van der Waals surface area contributed by atoms with Crippen molar-refractivity contribution in [2.45, 2.75) is 6.54 Å². The lowest BCUT2D eigenvalue weighted by atomic mass is 10.2. The molecule has 2 aromatic carbocycles. The topological polar surface area (TPSA) is 35.9 Å². The molecule has 0 bridgehead atoms.